The van der Waals surface area contributed by atoms with E-state index in [0.717, 1.165) is 53.5 Å². The van der Waals surface area contributed by atoms with Crippen LogP contribution >= 0.6 is 11.6 Å². The number of fused-ring (bicyclic) bond motifs is 1. The number of imidazole rings is 1. The maximum Gasteiger partial charge on any atom is 0.169 e. The van der Waals surface area contributed by atoms with Crippen molar-refractivity contribution in [2.24, 2.45) is 0 Å². The number of carbonyl (C=O) groups excluding carboxylic acids is 1. The lowest BCUT2D eigenvalue weighted by Gasteiger charge is -2.12. The summed E-state index contributed by atoms with van der Waals surface area (Å²) in [6.45, 7) is 2.63. The zero-order valence-electron chi connectivity index (χ0n) is 16.7. The van der Waals surface area contributed by atoms with Crippen molar-refractivity contribution in [3.05, 3.63) is 82.5 Å². The molecule has 30 heavy (non-hydrogen) atoms. The van der Waals surface area contributed by atoms with Gasteiger partial charge in [-0.3, -0.25) is 4.79 Å². The van der Waals surface area contributed by atoms with Gasteiger partial charge >= 0.3 is 0 Å². The molecule has 0 radical (unpaired) electrons. The quantitative estimate of drug-likeness (QED) is 0.371. The first-order valence-corrected chi connectivity index (χ1v) is 10.3. The smallest absolute Gasteiger partial charge is 0.169 e. The Morgan fingerprint density at radius 2 is 2.00 bits per heavy atom. The Hall–Kier alpha value is -3.36. The van der Waals surface area contributed by atoms with Gasteiger partial charge in [0.2, 0.25) is 0 Å². The van der Waals surface area contributed by atoms with Crippen LogP contribution in [0.4, 0.5) is 0 Å². The van der Waals surface area contributed by atoms with Crippen molar-refractivity contribution in [3.63, 3.8) is 0 Å². The molecule has 0 N–H and O–H groups in total. The minimum absolute atomic E-state index is 0.254. The molecule has 0 amide bonds. The normalized spacial score (nSPS) is 11.0. The molecule has 0 unspecified atom stereocenters. The molecule has 0 atom stereocenters. The predicted octanol–water partition coefficient (Wildman–Crippen LogP) is 5.56. The summed E-state index contributed by atoms with van der Waals surface area (Å²) in [5.74, 6) is 0.829. The maximum atomic E-state index is 11.7. The average molecular weight is 417 g/mol. The molecule has 0 saturated heterocycles. The van der Waals surface area contributed by atoms with Crippen LogP contribution in [0.5, 0.6) is 0 Å². The Labute approximate surface area is 180 Å². The van der Waals surface area contributed by atoms with E-state index in [4.69, 9.17) is 11.6 Å². The van der Waals surface area contributed by atoms with Crippen LogP contribution in [0.2, 0.25) is 5.15 Å². The van der Waals surface area contributed by atoms with Gasteiger partial charge in [-0.1, -0.05) is 49.2 Å². The van der Waals surface area contributed by atoms with Gasteiger partial charge in [0, 0.05) is 18.0 Å². The third-order valence-electron chi connectivity index (χ3n) is 5.34. The molecule has 6 heteroatoms. The van der Waals surface area contributed by atoms with Crippen LogP contribution < -0.4 is 0 Å². The lowest BCUT2D eigenvalue weighted by atomic mass is 10.1. The second-order valence-electron chi connectivity index (χ2n) is 7.18. The van der Waals surface area contributed by atoms with E-state index in [1.54, 1.807) is 0 Å². The second-order valence-corrected chi connectivity index (χ2v) is 7.53. The van der Waals surface area contributed by atoms with Crippen LogP contribution in [0.1, 0.15) is 47.2 Å². The van der Waals surface area contributed by atoms with Gasteiger partial charge < -0.3 is 9.13 Å². The molecule has 0 aliphatic rings. The SMILES string of the molecule is CCCCc1nc(Cl)c(C=O)n1Cc1cccc2c1ccn2-c1ccccc1C#N. The summed E-state index contributed by atoms with van der Waals surface area (Å²) in [5, 5.41) is 10.8. The summed E-state index contributed by atoms with van der Waals surface area (Å²) in [4.78, 5) is 16.1. The number of halogens is 1. The second kappa shape index (κ2) is 8.56. The van der Waals surface area contributed by atoms with E-state index in [1.165, 1.54) is 0 Å². The molecule has 4 aromatic rings. The van der Waals surface area contributed by atoms with Crippen LogP contribution in [0.3, 0.4) is 0 Å². The Morgan fingerprint density at radius 1 is 1.17 bits per heavy atom. The van der Waals surface area contributed by atoms with Gasteiger partial charge in [-0.15, -0.1) is 0 Å². The van der Waals surface area contributed by atoms with Crippen LogP contribution in [0.15, 0.2) is 54.7 Å². The third-order valence-corrected chi connectivity index (χ3v) is 5.62. The van der Waals surface area contributed by atoms with Gasteiger partial charge in [0.15, 0.2) is 11.4 Å². The number of aromatic nitrogens is 3. The lowest BCUT2D eigenvalue weighted by molar-refractivity contribution is 0.111. The molecular formula is C24H21ClN4O. The summed E-state index contributed by atoms with van der Waals surface area (Å²) in [6.07, 6.45) is 5.55. The Bertz CT molecular complexity index is 1260. The lowest BCUT2D eigenvalue weighted by Crippen LogP contribution is -2.09. The maximum absolute atomic E-state index is 11.7. The number of unbranched alkanes of at least 4 members (excludes halogenated alkanes) is 1. The standard InChI is InChI=1S/C24H21ClN4O/c1-2-3-11-23-27-24(25)22(16-30)29(23)15-18-8-6-10-21-19(18)12-13-28(21)20-9-5-4-7-17(20)14-26/h4-10,12-13,16H,2-3,11,15H2,1H3. The fraction of sp³-hybridized carbons (Fsp3) is 0.208. The molecule has 5 nitrogen and oxygen atoms in total. The summed E-state index contributed by atoms with van der Waals surface area (Å²) >= 11 is 6.23. The molecule has 0 aliphatic carbocycles. The first-order valence-electron chi connectivity index (χ1n) is 9.96. The van der Waals surface area contributed by atoms with Crippen LogP contribution in [0, 0.1) is 11.3 Å². The highest BCUT2D eigenvalue weighted by atomic mass is 35.5. The number of hydrogen-bond donors (Lipinski definition) is 0. The van der Waals surface area contributed by atoms with Gasteiger partial charge in [0.05, 0.1) is 23.3 Å². The number of para-hydroxylation sites is 1. The highest BCUT2D eigenvalue weighted by Crippen LogP contribution is 2.27. The fourth-order valence-electron chi connectivity index (χ4n) is 3.82. The minimum Gasteiger partial charge on any atom is -0.320 e. The van der Waals surface area contributed by atoms with Crippen molar-refractivity contribution in [2.75, 3.05) is 0 Å². The number of aryl methyl sites for hydroxylation is 1. The van der Waals surface area contributed by atoms with Crippen molar-refractivity contribution < 1.29 is 4.79 Å². The number of benzene rings is 2. The summed E-state index contributed by atoms with van der Waals surface area (Å²) in [6, 6.07) is 17.9. The molecule has 4 rings (SSSR count). The summed E-state index contributed by atoms with van der Waals surface area (Å²) in [5.41, 5.74) is 3.94. The van der Waals surface area contributed by atoms with Crippen molar-refractivity contribution in [2.45, 2.75) is 32.7 Å². The zero-order chi connectivity index (χ0) is 21.1. The van der Waals surface area contributed by atoms with E-state index >= 15 is 0 Å². The molecule has 0 spiro atoms. The van der Waals surface area contributed by atoms with Crippen LogP contribution in [0.25, 0.3) is 16.6 Å². The van der Waals surface area contributed by atoms with E-state index in [9.17, 15) is 10.1 Å². The number of aldehydes is 1. The topological polar surface area (TPSA) is 63.6 Å². The van der Waals surface area contributed by atoms with Crippen molar-refractivity contribution in [3.8, 4) is 11.8 Å². The predicted molar refractivity (Wildman–Crippen MR) is 118 cm³/mol. The van der Waals surface area contributed by atoms with E-state index in [-0.39, 0.29) is 5.15 Å². The Morgan fingerprint density at radius 3 is 2.77 bits per heavy atom. The van der Waals surface area contributed by atoms with Gasteiger partial charge in [-0.25, -0.2) is 4.98 Å². The summed E-state index contributed by atoms with van der Waals surface area (Å²) in [7, 11) is 0. The van der Waals surface area contributed by atoms with Crippen LogP contribution in [-0.2, 0) is 13.0 Å². The van der Waals surface area contributed by atoms with E-state index in [2.05, 4.69) is 24.0 Å². The zero-order valence-corrected chi connectivity index (χ0v) is 17.4. The highest BCUT2D eigenvalue weighted by molar-refractivity contribution is 6.31. The van der Waals surface area contributed by atoms with Crippen LogP contribution in [-0.4, -0.2) is 20.4 Å². The average Bonchev–Trinajstić information content (AvgIpc) is 3.33. The van der Waals surface area contributed by atoms with E-state index < -0.39 is 0 Å². The number of carbonyl (C=O) groups is 1. The molecule has 0 fully saturated rings. The summed E-state index contributed by atoms with van der Waals surface area (Å²) < 4.78 is 3.94. The Kier molecular flexibility index (Phi) is 5.69. The first-order chi connectivity index (χ1) is 14.7. The highest BCUT2D eigenvalue weighted by Gasteiger charge is 2.17. The first kappa shape index (κ1) is 19.9. The molecule has 0 aliphatic heterocycles. The molecule has 0 saturated carbocycles. The Balaban J connectivity index is 1.80. The minimum atomic E-state index is 0.254. The third kappa shape index (κ3) is 3.51. The largest absolute Gasteiger partial charge is 0.320 e. The van der Waals surface area contributed by atoms with Gasteiger partial charge in [-0.05, 0) is 36.2 Å². The monoisotopic (exact) mass is 416 g/mol. The van der Waals surface area contributed by atoms with Crippen molar-refractivity contribution in [1.82, 2.24) is 14.1 Å². The van der Waals surface area contributed by atoms with Gasteiger partial charge in [0.1, 0.15) is 17.6 Å². The van der Waals surface area contributed by atoms with Crippen molar-refractivity contribution >= 4 is 28.8 Å². The fourth-order valence-corrected chi connectivity index (χ4v) is 4.07. The number of hydrogen-bond acceptors (Lipinski definition) is 3. The number of rotatable bonds is 7. The van der Waals surface area contributed by atoms with E-state index in [0.29, 0.717) is 17.8 Å². The van der Waals surface area contributed by atoms with Crippen molar-refractivity contribution in [1.29, 1.82) is 5.26 Å². The molecule has 0 bridgehead atoms. The molecule has 2 heterocycles. The van der Waals surface area contributed by atoms with E-state index in [1.807, 2.05) is 57.8 Å². The molecule has 2 aromatic heterocycles. The van der Waals surface area contributed by atoms with Gasteiger partial charge in [0.25, 0.3) is 0 Å². The molecule has 2 aromatic carbocycles. The number of nitrogens with zero attached hydrogens (tertiary/aromatic N) is 4. The number of nitriles is 1. The molecule has 150 valence electrons. The molecular weight excluding hydrogens is 396 g/mol. The van der Waals surface area contributed by atoms with Gasteiger partial charge in [-0.2, -0.15) is 5.26 Å².